The molecule has 1 aromatic heterocycles. The second-order valence-electron chi connectivity index (χ2n) is 3.33. The summed E-state index contributed by atoms with van der Waals surface area (Å²) in [7, 11) is 0. The number of fused-ring (bicyclic) bond motifs is 1. The lowest BCUT2D eigenvalue weighted by Gasteiger charge is -1.97. The molecule has 0 aliphatic heterocycles. The molecule has 0 unspecified atom stereocenters. The third kappa shape index (κ3) is 1.99. The van der Waals surface area contributed by atoms with Crippen molar-refractivity contribution in [2.75, 3.05) is 5.75 Å². The van der Waals surface area contributed by atoms with Crippen LogP contribution in [-0.4, -0.2) is 21.8 Å². The normalized spacial score (nSPS) is 10.7. The number of carbonyl (C=O) groups is 1. The summed E-state index contributed by atoms with van der Waals surface area (Å²) >= 11 is 1.34. The largest absolute Gasteiger partial charge is 0.481 e. The van der Waals surface area contributed by atoms with Gasteiger partial charge in [0.05, 0.1) is 5.75 Å². The van der Waals surface area contributed by atoms with Gasteiger partial charge in [-0.05, 0) is 12.5 Å². The number of para-hydroxylation sites is 1. The smallest absolute Gasteiger partial charge is 0.313 e. The number of nitrogens with one attached hydrogen (secondary N) is 1. The van der Waals surface area contributed by atoms with Gasteiger partial charge in [0, 0.05) is 22.0 Å². The number of rotatable bonds is 3. The average molecular weight is 221 g/mol. The quantitative estimate of drug-likeness (QED) is 0.783. The summed E-state index contributed by atoms with van der Waals surface area (Å²) in [5.41, 5.74) is 2.26. The first-order chi connectivity index (χ1) is 7.18. The van der Waals surface area contributed by atoms with Crippen molar-refractivity contribution >= 4 is 28.6 Å². The van der Waals surface area contributed by atoms with E-state index in [0.717, 1.165) is 15.8 Å². The molecule has 78 valence electrons. The van der Waals surface area contributed by atoms with Crippen LogP contribution in [0.2, 0.25) is 0 Å². The van der Waals surface area contributed by atoms with Crippen molar-refractivity contribution in [3.63, 3.8) is 0 Å². The van der Waals surface area contributed by atoms with E-state index in [1.807, 2.05) is 31.3 Å². The zero-order valence-corrected chi connectivity index (χ0v) is 9.10. The molecule has 0 bridgehead atoms. The fraction of sp³-hybridized carbons (Fsp3) is 0.182. The van der Waals surface area contributed by atoms with Gasteiger partial charge in [-0.25, -0.2) is 0 Å². The molecule has 4 heteroatoms. The van der Waals surface area contributed by atoms with E-state index in [2.05, 4.69) is 4.98 Å². The number of aliphatic carboxylic acids is 1. The number of H-pyrrole nitrogens is 1. The van der Waals surface area contributed by atoms with Gasteiger partial charge in [0.25, 0.3) is 0 Å². The highest BCUT2D eigenvalue weighted by Gasteiger charge is 2.07. The number of thioether (sulfide) groups is 1. The Hall–Kier alpha value is -1.42. The van der Waals surface area contributed by atoms with Gasteiger partial charge < -0.3 is 10.1 Å². The minimum Gasteiger partial charge on any atom is -0.481 e. The highest BCUT2D eigenvalue weighted by atomic mass is 32.2. The van der Waals surface area contributed by atoms with Gasteiger partial charge in [0.15, 0.2) is 0 Å². The molecular weight excluding hydrogens is 210 g/mol. The Bertz CT molecular complexity index is 504. The Labute approximate surface area is 91.5 Å². The van der Waals surface area contributed by atoms with Gasteiger partial charge in [-0.15, -0.1) is 11.8 Å². The van der Waals surface area contributed by atoms with Gasteiger partial charge in [0.1, 0.15) is 0 Å². The lowest BCUT2D eigenvalue weighted by atomic mass is 10.2. The first-order valence-corrected chi connectivity index (χ1v) is 5.58. The molecule has 1 aromatic carbocycles. The molecular formula is C11H11NO2S. The topological polar surface area (TPSA) is 53.1 Å². The van der Waals surface area contributed by atoms with Crippen LogP contribution in [0.15, 0.2) is 29.3 Å². The minimum atomic E-state index is -0.790. The molecule has 0 saturated heterocycles. The van der Waals surface area contributed by atoms with Gasteiger partial charge in [-0.2, -0.15) is 0 Å². The first-order valence-electron chi connectivity index (χ1n) is 4.60. The van der Waals surface area contributed by atoms with Gasteiger partial charge in [0.2, 0.25) is 0 Å². The van der Waals surface area contributed by atoms with E-state index in [1.165, 1.54) is 17.3 Å². The number of hydrogen-bond donors (Lipinski definition) is 2. The van der Waals surface area contributed by atoms with Crippen LogP contribution in [-0.2, 0) is 4.79 Å². The molecule has 0 amide bonds. The standard InChI is InChI=1S/C11H11NO2S/c1-7-3-2-4-8-9(5-12-11(7)8)15-6-10(13)14/h2-5,12H,6H2,1H3,(H,13,14). The van der Waals surface area contributed by atoms with Gasteiger partial charge in [-0.3, -0.25) is 4.79 Å². The molecule has 15 heavy (non-hydrogen) atoms. The molecule has 0 saturated carbocycles. The molecule has 3 nitrogen and oxygen atoms in total. The van der Waals surface area contributed by atoms with Crippen LogP contribution in [0.25, 0.3) is 10.9 Å². The predicted octanol–water partition coefficient (Wildman–Crippen LogP) is 2.65. The van der Waals surface area contributed by atoms with Crippen LogP contribution >= 0.6 is 11.8 Å². The Morgan fingerprint density at radius 2 is 2.33 bits per heavy atom. The number of aryl methyl sites for hydroxylation is 1. The molecule has 0 fully saturated rings. The van der Waals surface area contributed by atoms with E-state index in [0.29, 0.717) is 0 Å². The summed E-state index contributed by atoms with van der Waals surface area (Å²) in [5, 5.41) is 9.71. The Morgan fingerprint density at radius 1 is 1.53 bits per heavy atom. The van der Waals surface area contributed by atoms with Crippen molar-refractivity contribution in [3.05, 3.63) is 30.0 Å². The zero-order chi connectivity index (χ0) is 10.8. The first kappa shape index (κ1) is 10.1. The molecule has 0 spiro atoms. The van der Waals surface area contributed by atoms with Crippen molar-refractivity contribution in [3.8, 4) is 0 Å². The van der Waals surface area contributed by atoms with E-state index in [4.69, 9.17) is 5.11 Å². The maximum atomic E-state index is 10.5. The summed E-state index contributed by atoms with van der Waals surface area (Å²) in [4.78, 5) is 14.6. The second kappa shape index (κ2) is 3.98. The van der Waals surface area contributed by atoms with Crippen LogP contribution in [0.4, 0.5) is 0 Å². The minimum absolute atomic E-state index is 0.0981. The molecule has 0 radical (unpaired) electrons. The third-order valence-electron chi connectivity index (χ3n) is 2.24. The third-order valence-corrected chi connectivity index (χ3v) is 3.28. The maximum Gasteiger partial charge on any atom is 0.313 e. The monoisotopic (exact) mass is 221 g/mol. The molecule has 2 rings (SSSR count). The van der Waals surface area contributed by atoms with E-state index < -0.39 is 5.97 Å². The lowest BCUT2D eigenvalue weighted by molar-refractivity contribution is -0.133. The van der Waals surface area contributed by atoms with Crippen molar-refractivity contribution in [2.24, 2.45) is 0 Å². The number of carboxylic acid groups (broad SMARTS) is 1. The zero-order valence-electron chi connectivity index (χ0n) is 8.28. The van der Waals surface area contributed by atoms with Crippen molar-refractivity contribution in [1.29, 1.82) is 0 Å². The average Bonchev–Trinajstić information content (AvgIpc) is 2.59. The number of hydrogen-bond acceptors (Lipinski definition) is 2. The van der Waals surface area contributed by atoms with E-state index in [1.54, 1.807) is 0 Å². The number of benzene rings is 1. The molecule has 0 atom stereocenters. The number of aromatic amines is 1. The summed E-state index contributed by atoms with van der Waals surface area (Å²) in [6.07, 6.45) is 1.87. The lowest BCUT2D eigenvalue weighted by Crippen LogP contribution is -1.96. The van der Waals surface area contributed by atoms with E-state index in [9.17, 15) is 4.79 Å². The van der Waals surface area contributed by atoms with E-state index in [-0.39, 0.29) is 5.75 Å². The summed E-state index contributed by atoms with van der Waals surface area (Å²) < 4.78 is 0. The highest BCUT2D eigenvalue weighted by molar-refractivity contribution is 8.00. The van der Waals surface area contributed by atoms with Crippen molar-refractivity contribution in [2.45, 2.75) is 11.8 Å². The summed E-state index contributed by atoms with van der Waals surface area (Å²) in [6, 6.07) is 6.02. The van der Waals surface area contributed by atoms with Crippen LogP contribution < -0.4 is 0 Å². The van der Waals surface area contributed by atoms with Gasteiger partial charge >= 0.3 is 5.97 Å². The number of carboxylic acids is 1. The SMILES string of the molecule is Cc1cccc2c(SCC(=O)O)c[nH]c12. The van der Waals surface area contributed by atoms with Crippen molar-refractivity contribution < 1.29 is 9.90 Å². The fourth-order valence-corrected chi connectivity index (χ4v) is 2.29. The maximum absolute atomic E-state index is 10.5. The van der Waals surface area contributed by atoms with Crippen LogP contribution in [0.5, 0.6) is 0 Å². The summed E-state index contributed by atoms with van der Waals surface area (Å²) in [6.45, 7) is 2.03. The fourth-order valence-electron chi connectivity index (χ4n) is 1.54. The molecule has 1 heterocycles. The number of aromatic nitrogens is 1. The van der Waals surface area contributed by atoms with Gasteiger partial charge in [-0.1, -0.05) is 18.2 Å². The molecule has 0 aliphatic carbocycles. The van der Waals surface area contributed by atoms with Crippen LogP contribution in [0.1, 0.15) is 5.56 Å². The Balaban J connectivity index is 2.37. The predicted molar refractivity (Wildman–Crippen MR) is 61.4 cm³/mol. The molecule has 2 aromatic rings. The summed E-state index contributed by atoms with van der Waals surface area (Å²) in [5.74, 6) is -0.692. The van der Waals surface area contributed by atoms with Crippen LogP contribution in [0, 0.1) is 6.92 Å². The molecule has 2 N–H and O–H groups in total. The highest BCUT2D eigenvalue weighted by Crippen LogP contribution is 2.29. The molecule has 0 aliphatic rings. The Morgan fingerprint density at radius 3 is 3.07 bits per heavy atom. The Kier molecular flexibility index (Phi) is 2.68. The van der Waals surface area contributed by atoms with Crippen LogP contribution in [0.3, 0.4) is 0 Å². The van der Waals surface area contributed by atoms with Crippen molar-refractivity contribution in [1.82, 2.24) is 4.98 Å². The second-order valence-corrected chi connectivity index (χ2v) is 4.35. The van der Waals surface area contributed by atoms with E-state index >= 15 is 0 Å².